The summed E-state index contributed by atoms with van der Waals surface area (Å²) in [4.78, 5) is 0. The van der Waals surface area contributed by atoms with E-state index < -0.39 is 0 Å². The largest absolute Gasteiger partial charge is 4.00 e. The molecule has 0 unspecified atom stereocenters. The number of benzene rings is 2. The minimum Gasteiger partial charge on any atom is -1.00 e. The van der Waals surface area contributed by atoms with Gasteiger partial charge in [0.05, 0.1) is 5.52 Å². The Bertz CT molecular complexity index is 1180. The van der Waals surface area contributed by atoms with Gasteiger partial charge in [0.2, 0.25) is 0 Å². The first-order chi connectivity index (χ1) is 13.1. The number of aryl methyl sites for hydroxylation is 3. The molecule has 1 heterocycles. The molecular formula is C26H25Cl2NTi. The van der Waals surface area contributed by atoms with E-state index in [0.717, 1.165) is 0 Å². The van der Waals surface area contributed by atoms with Crippen LogP contribution >= 0.6 is 0 Å². The number of aromatic nitrogens is 1. The normalized spacial score (nSPS) is 9.87. The topological polar surface area (TPSA) is 4.93 Å². The molecule has 5 aromatic rings. The third kappa shape index (κ3) is 4.93. The number of nitrogens with zero attached hydrogens (tertiary/aromatic N) is 1. The van der Waals surface area contributed by atoms with Crippen LogP contribution in [0.15, 0.2) is 78.9 Å². The monoisotopic (exact) mass is 469 g/mol. The van der Waals surface area contributed by atoms with Gasteiger partial charge in [-0.15, -0.1) is 41.1 Å². The molecule has 0 aliphatic rings. The van der Waals surface area contributed by atoms with Crippen LogP contribution in [0, 0.1) is 27.7 Å². The van der Waals surface area contributed by atoms with Gasteiger partial charge in [0.1, 0.15) is 0 Å². The zero-order valence-electron chi connectivity index (χ0n) is 17.7. The Kier molecular flexibility index (Phi) is 9.65. The molecule has 4 aromatic carbocycles. The smallest absolute Gasteiger partial charge is 1.00 e. The fraction of sp³-hybridized carbons (Fsp3) is 0.154. The fourth-order valence-corrected chi connectivity index (χ4v) is 3.72. The van der Waals surface area contributed by atoms with Crippen LogP contribution in [0.25, 0.3) is 27.4 Å². The first-order valence-corrected chi connectivity index (χ1v) is 9.47. The average Bonchev–Trinajstić information content (AvgIpc) is 3.34. The molecule has 0 N–H and O–H groups in total. The van der Waals surface area contributed by atoms with Crippen molar-refractivity contribution in [3.05, 3.63) is 101 Å². The van der Waals surface area contributed by atoms with E-state index >= 15 is 0 Å². The summed E-state index contributed by atoms with van der Waals surface area (Å²) in [7, 11) is 0. The maximum atomic E-state index is 2.37. The molecule has 5 rings (SSSR count). The first kappa shape index (κ1) is 26.3. The zero-order chi connectivity index (χ0) is 19.0. The Morgan fingerprint density at radius 1 is 0.833 bits per heavy atom. The van der Waals surface area contributed by atoms with Crippen LogP contribution in [0.5, 0.6) is 0 Å². The third-order valence-corrected chi connectivity index (χ3v) is 5.60. The van der Waals surface area contributed by atoms with Gasteiger partial charge >= 0.3 is 21.7 Å². The summed E-state index contributed by atoms with van der Waals surface area (Å²) in [5.41, 5.74) is 8.01. The molecule has 152 valence electrons. The molecule has 0 atom stereocenters. The van der Waals surface area contributed by atoms with Gasteiger partial charge in [-0.25, -0.2) is 12.1 Å². The van der Waals surface area contributed by atoms with Crippen LogP contribution in [0.2, 0.25) is 0 Å². The Labute approximate surface area is 206 Å². The van der Waals surface area contributed by atoms with Crippen molar-refractivity contribution in [1.82, 2.24) is 4.57 Å². The summed E-state index contributed by atoms with van der Waals surface area (Å²) in [6.07, 6.45) is 0. The minimum atomic E-state index is 0. The second-order valence-corrected chi connectivity index (χ2v) is 7.30. The van der Waals surface area contributed by atoms with Gasteiger partial charge in [0.25, 0.3) is 0 Å². The number of halogens is 2. The molecular weight excluding hydrogens is 445 g/mol. The van der Waals surface area contributed by atoms with E-state index in [1.807, 2.05) is 0 Å². The molecule has 0 aliphatic heterocycles. The molecule has 0 radical (unpaired) electrons. The van der Waals surface area contributed by atoms with Crippen LogP contribution in [0.4, 0.5) is 0 Å². The second-order valence-electron chi connectivity index (χ2n) is 7.30. The van der Waals surface area contributed by atoms with Crippen LogP contribution < -0.4 is 24.8 Å². The van der Waals surface area contributed by atoms with E-state index in [-0.39, 0.29) is 46.5 Å². The van der Waals surface area contributed by atoms with Gasteiger partial charge in [-0.3, -0.25) is 0 Å². The standard InChI is InChI=1S/C19H16N.C7H9.2ClH.Ti/c1-13-14(2)20(19-10-6-5-9-18(13)19)17-11-15-7-3-4-8-16(15)12-17;1-6-4-3-5-7(6)2;;;/h3-12H,1-2H3;3-5H,1-2H3;2*1H;/q2*-1;;;+4/p-2. The number of hydrogen-bond acceptors (Lipinski definition) is 0. The van der Waals surface area contributed by atoms with Crippen molar-refractivity contribution < 1.29 is 46.5 Å². The molecule has 0 spiro atoms. The van der Waals surface area contributed by atoms with E-state index in [4.69, 9.17) is 0 Å². The van der Waals surface area contributed by atoms with Crippen molar-refractivity contribution in [2.75, 3.05) is 0 Å². The average molecular weight is 470 g/mol. The van der Waals surface area contributed by atoms with E-state index in [1.165, 1.54) is 49.7 Å². The molecule has 0 bridgehead atoms. The van der Waals surface area contributed by atoms with Crippen molar-refractivity contribution in [3.63, 3.8) is 0 Å². The second kappa shape index (κ2) is 11.0. The number of para-hydroxylation sites is 1. The number of rotatable bonds is 1. The zero-order valence-corrected chi connectivity index (χ0v) is 20.8. The Morgan fingerprint density at radius 3 is 2.10 bits per heavy atom. The van der Waals surface area contributed by atoms with Gasteiger partial charge in [-0.05, 0) is 31.2 Å². The Hall–Kier alpha value is -1.77. The number of hydrogen-bond donors (Lipinski definition) is 0. The van der Waals surface area contributed by atoms with Crippen LogP contribution in [0.1, 0.15) is 22.4 Å². The maximum Gasteiger partial charge on any atom is 4.00 e. The fourth-order valence-electron chi connectivity index (χ4n) is 3.72. The van der Waals surface area contributed by atoms with Crippen molar-refractivity contribution >= 4 is 21.7 Å². The van der Waals surface area contributed by atoms with E-state index in [9.17, 15) is 0 Å². The predicted octanol–water partition coefficient (Wildman–Crippen LogP) is 1.15. The summed E-state index contributed by atoms with van der Waals surface area (Å²) < 4.78 is 2.37. The van der Waals surface area contributed by atoms with Gasteiger partial charge in [0, 0.05) is 11.1 Å². The van der Waals surface area contributed by atoms with Gasteiger partial charge in [-0.1, -0.05) is 38.1 Å². The van der Waals surface area contributed by atoms with E-state index in [0.29, 0.717) is 0 Å². The van der Waals surface area contributed by atoms with Crippen LogP contribution in [0.3, 0.4) is 0 Å². The molecule has 0 fully saturated rings. The van der Waals surface area contributed by atoms with Crippen molar-refractivity contribution in [2.45, 2.75) is 27.7 Å². The molecule has 0 saturated heterocycles. The summed E-state index contributed by atoms with van der Waals surface area (Å²) in [6, 6.07) is 28.0. The molecule has 1 nitrogen and oxygen atoms in total. The first-order valence-electron chi connectivity index (χ1n) is 9.47. The van der Waals surface area contributed by atoms with Crippen LogP contribution in [-0.4, -0.2) is 4.57 Å². The third-order valence-electron chi connectivity index (χ3n) is 5.60. The maximum absolute atomic E-state index is 2.37. The Morgan fingerprint density at radius 2 is 1.50 bits per heavy atom. The molecule has 1 aromatic heterocycles. The molecule has 0 aliphatic carbocycles. The predicted molar refractivity (Wildman–Crippen MR) is 117 cm³/mol. The van der Waals surface area contributed by atoms with E-state index in [2.05, 4.69) is 111 Å². The molecule has 30 heavy (non-hydrogen) atoms. The quantitative estimate of drug-likeness (QED) is 0.256. The van der Waals surface area contributed by atoms with Gasteiger partial charge in [0.15, 0.2) is 0 Å². The summed E-state index contributed by atoms with van der Waals surface area (Å²) in [5.74, 6) is 0. The Balaban J connectivity index is 0.000000391. The van der Waals surface area contributed by atoms with Crippen molar-refractivity contribution in [3.8, 4) is 5.69 Å². The summed E-state index contributed by atoms with van der Waals surface area (Å²) in [5, 5.41) is 3.95. The molecule has 0 saturated carbocycles. The summed E-state index contributed by atoms with van der Waals surface area (Å²) >= 11 is 0. The summed E-state index contributed by atoms with van der Waals surface area (Å²) in [6.45, 7) is 8.65. The minimum absolute atomic E-state index is 0. The van der Waals surface area contributed by atoms with Crippen molar-refractivity contribution in [2.24, 2.45) is 0 Å². The van der Waals surface area contributed by atoms with Gasteiger partial charge < -0.3 is 29.4 Å². The van der Waals surface area contributed by atoms with E-state index in [1.54, 1.807) is 0 Å². The van der Waals surface area contributed by atoms with Gasteiger partial charge in [-0.2, -0.15) is 17.2 Å². The van der Waals surface area contributed by atoms with Crippen LogP contribution in [-0.2, 0) is 21.7 Å². The van der Waals surface area contributed by atoms with Crippen molar-refractivity contribution in [1.29, 1.82) is 0 Å². The SMILES string of the molecule is Cc1c(C)n(-c2cc3ccccc3[cH-]2)c2ccccc12.Cc1ccc[c-]1C.[Cl-].[Cl-].[Ti+4]. The number of fused-ring (bicyclic) bond motifs is 2. The molecule has 4 heteroatoms. The molecule has 0 amide bonds.